The minimum absolute atomic E-state index is 0.0421. The van der Waals surface area contributed by atoms with Gasteiger partial charge in [0.15, 0.2) is 9.84 Å². The third-order valence-corrected chi connectivity index (χ3v) is 4.96. The van der Waals surface area contributed by atoms with Gasteiger partial charge in [-0.3, -0.25) is 9.48 Å². The van der Waals surface area contributed by atoms with Gasteiger partial charge in [-0.05, 0) is 18.4 Å². The van der Waals surface area contributed by atoms with E-state index < -0.39 is 21.2 Å². The number of aryl methyl sites for hydroxylation is 1. The summed E-state index contributed by atoms with van der Waals surface area (Å²) in [5.74, 6) is -1.36. The van der Waals surface area contributed by atoms with Crippen molar-refractivity contribution in [2.75, 3.05) is 11.5 Å². The predicted molar refractivity (Wildman–Crippen MR) is 60.3 cm³/mol. The first kappa shape index (κ1) is 12.1. The first-order valence-corrected chi connectivity index (χ1v) is 7.06. The van der Waals surface area contributed by atoms with Crippen molar-refractivity contribution < 1.29 is 18.3 Å². The van der Waals surface area contributed by atoms with Crippen molar-refractivity contribution in [3.05, 3.63) is 18.0 Å². The summed E-state index contributed by atoms with van der Waals surface area (Å²) in [6.07, 6.45) is 3.69. The lowest BCUT2D eigenvalue weighted by Gasteiger charge is -2.21. The minimum atomic E-state index is -3.22. The first-order chi connectivity index (χ1) is 7.83. The zero-order valence-electron chi connectivity index (χ0n) is 9.46. The highest BCUT2D eigenvalue weighted by molar-refractivity contribution is 7.91. The summed E-state index contributed by atoms with van der Waals surface area (Å²) in [5.41, 5.74) is -0.422. The molecule has 1 saturated heterocycles. The average Bonchev–Trinajstić information content (AvgIpc) is 2.72. The van der Waals surface area contributed by atoms with Crippen molar-refractivity contribution in [2.24, 2.45) is 12.5 Å². The Labute approximate surface area is 99.2 Å². The van der Waals surface area contributed by atoms with E-state index in [2.05, 4.69) is 5.10 Å². The van der Waals surface area contributed by atoms with Crippen molar-refractivity contribution in [3.63, 3.8) is 0 Å². The third-order valence-electron chi connectivity index (χ3n) is 3.14. The zero-order valence-corrected chi connectivity index (χ0v) is 10.3. The molecular formula is C10H14N2O4S. The maximum absolute atomic E-state index is 11.5. The van der Waals surface area contributed by atoms with Gasteiger partial charge >= 0.3 is 5.97 Å². The molecule has 0 saturated carbocycles. The average molecular weight is 258 g/mol. The molecule has 1 aliphatic rings. The maximum atomic E-state index is 11.5. The van der Waals surface area contributed by atoms with Crippen LogP contribution in [-0.4, -0.2) is 40.8 Å². The van der Waals surface area contributed by atoms with Crippen LogP contribution in [-0.2, 0) is 28.1 Å². The van der Waals surface area contributed by atoms with Gasteiger partial charge in [0, 0.05) is 13.2 Å². The number of sulfone groups is 1. The molecule has 1 atom stereocenters. The fourth-order valence-electron chi connectivity index (χ4n) is 2.25. The molecule has 7 heteroatoms. The standard InChI is InChI=1S/C10H14N2O4S/c1-12-6-8(5-11-12)4-10(9(13)14)2-3-17(15,16)7-10/h5-6H,2-4,7H2,1H3,(H,13,14). The number of hydrogen-bond donors (Lipinski definition) is 1. The predicted octanol–water partition coefficient (Wildman–Crippen LogP) is -0.148. The van der Waals surface area contributed by atoms with E-state index >= 15 is 0 Å². The second-order valence-corrected chi connectivity index (χ2v) is 6.81. The monoisotopic (exact) mass is 258 g/mol. The number of hydrogen-bond acceptors (Lipinski definition) is 4. The Hall–Kier alpha value is -1.37. The molecule has 0 bridgehead atoms. The van der Waals surface area contributed by atoms with Crippen LogP contribution in [0.2, 0.25) is 0 Å². The topological polar surface area (TPSA) is 89.3 Å². The molecule has 0 amide bonds. The van der Waals surface area contributed by atoms with Gasteiger partial charge in [0.1, 0.15) is 0 Å². The molecule has 6 nitrogen and oxygen atoms in total. The molecule has 1 aliphatic heterocycles. The van der Waals surface area contributed by atoms with E-state index in [0.717, 1.165) is 5.56 Å². The fraction of sp³-hybridized carbons (Fsp3) is 0.600. The molecule has 1 N–H and O–H groups in total. The number of rotatable bonds is 3. The van der Waals surface area contributed by atoms with Crippen molar-refractivity contribution in [1.82, 2.24) is 9.78 Å². The molecule has 1 unspecified atom stereocenters. The largest absolute Gasteiger partial charge is 0.481 e. The Bertz CT molecular complexity index is 548. The summed E-state index contributed by atoms with van der Waals surface area (Å²) in [7, 11) is -1.48. The lowest BCUT2D eigenvalue weighted by Crippen LogP contribution is -2.34. The summed E-state index contributed by atoms with van der Waals surface area (Å²) >= 11 is 0. The van der Waals surface area contributed by atoms with E-state index in [1.54, 1.807) is 24.1 Å². The lowest BCUT2D eigenvalue weighted by atomic mass is 9.82. The molecule has 1 aromatic heterocycles. The van der Waals surface area contributed by atoms with Crippen LogP contribution in [0, 0.1) is 5.41 Å². The molecule has 1 aromatic rings. The van der Waals surface area contributed by atoms with Crippen LogP contribution in [0.15, 0.2) is 12.4 Å². The van der Waals surface area contributed by atoms with Crippen molar-refractivity contribution in [2.45, 2.75) is 12.8 Å². The summed E-state index contributed by atoms with van der Waals surface area (Å²) in [6, 6.07) is 0. The molecule has 2 heterocycles. The highest BCUT2D eigenvalue weighted by Gasteiger charge is 2.48. The van der Waals surface area contributed by atoms with Crippen molar-refractivity contribution in [3.8, 4) is 0 Å². The number of aromatic nitrogens is 2. The molecule has 0 spiro atoms. The summed E-state index contributed by atoms with van der Waals surface area (Å²) < 4.78 is 24.5. The highest BCUT2D eigenvalue weighted by atomic mass is 32.2. The zero-order chi connectivity index (χ0) is 12.7. The van der Waals surface area contributed by atoms with Crippen LogP contribution in [0.1, 0.15) is 12.0 Å². The number of carboxylic acid groups (broad SMARTS) is 1. The quantitative estimate of drug-likeness (QED) is 0.814. The summed E-state index contributed by atoms with van der Waals surface area (Å²) in [6.45, 7) is 0. The van der Waals surface area contributed by atoms with Gasteiger partial charge in [0.05, 0.1) is 23.1 Å². The van der Waals surface area contributed by atoms with Gasteiger partial charge in [0.2, 0.25) is 0 Å². The van der Waals surface area contributed by atoms with Gasteiger partial charge < -0.3 is 5.11 Å². The second-order valence-electron chi connectivity index (χ2n) is 4.63. The highest BCUT2D eigenvalue weighted by Crippen LogP contribution is 2.36. The number of carboxylic acids is 1. The molecule has 1 fully saturated rings. The van der Waals surface area contributed by atoms with Crippen LogP contribution in [0.5, 0.6) is 0 Å². The second kappa shape index (κ2) is 3.83. The van der Waals surface area contributed by atoms with E-state index in [4.69, 9.17) is 0 Å². The fourth-order valence-corrected chi connectivity index (χ4v) is 4.31. The Kier molecular flexibility index (Phi) is 2.73. The smallest absolute Gasteiger partial charge is 0.311 e. The Morgan fingerprint density at radius 2 is 2.35 bits per heavy atom. The van der Waals surface area contributed by atoms with E-state index in [0.29, 0.717) is 0 Å². The lowest BCUT2D eigenvalue weighted by molar-refractivity contribution is -0.147. The first-order valence-electron chi connectivity index (χ1n) is 5.24. The van der Waals surface area contributed by atoms with Gasteiger partial charge in [0.25, 0.3) is 0 Å². The Balaban J connectivity index is 2.28. The van der Waals surface area contributed by atoms with E-state index in [1.165, 1.54) is 0 Å². The molecule has 0 aromatic carbocycles. The Morgan fingerprint density at radius 3 is 2.76 bits per heavy atom. The normalized spacial score (nSPS) is 27.1. The van der Waals surface area contributed by atoms with Crippen LogP contribution in [0.25, 0.3) is 0 Å². The minimum Gasteiger partial charge on any atom is -0.481 e. The summed E-state index contributed by atoms with van der Waals surface area (Å²) in [4.78, 5) is 11.3. The molecule has 17 heavy (non-hydrogen) atoms. The van der Waals surface area contributed by atoms with Crippen LogP contribution >= 0.6 is 0 Å². The molecular weight excluding hydrogens is 244 g/mol. The van der Waals surface area contributed by atoms with Crippen LogP contribution in [0.3, 0.4) is 0 Å². The SMILES string of the molecule is Cn1cc(CC2(C(=O)O)CCS(=O)(=O)C2)cn1. The van der Waals surface area contributed by atoms with Gasteiger partial charge in [-0.15, -0.1) is 0 Å². The van der Waals surface area contributed by atoms with E-state index in [-0.39, 0.29) is 24.3 Å². The Morgan fingerprint density at radius 1 is 1.65 bits per heavy atom. The molecule has 0 aliphatic carbocycles. The number of carbonyl (C=O) groups is 1. The van der Waals surface area contributed by atoms with Gasteiger partial charge in [-0.25, -0.2) is 8.42 Å². The molecule has 0 radical (unpaired) electrons. The number of aliphatic carboxylic acids is 1. The third kappa shape index (κ3) is 2.33. The van der Waals surface area contributed by atoms with E-state index in [9.17, 15) is 18.3 Å². The number of nitrogens with zero attached hydrogens (tertiary/aromatic N) is 2. The maximum Gasteiger partial charge on any atom is 0.311 e. The summed E-state index contributed by atoms with van der Waals surface area (Å²) in [5, 5.41) is 13.2. The van der Waals surface area contributed by atoms with Crippen molar-refractivity contribution >= 4 is 15.8 Å². The van der Waals surface area contributed by atoms with Crippen LogP contribution in [0.4, 0.5) is 0 Å². The molecule has 2 rings (SSSR count). The van der Waals surface area contributed by atoms with Gasteiger partial charge in [-0.1, -0.05) is 0 Å². The van der Waals surface area contributed by atoms with Crippen molar-refractivity contribution in [1.29, 1.82) is 0 Å². The van der Waals surface area contributed by atoms with Crippen LogP contribution < -0.4 is 0 Å². The molecule has 94 valence electrons. The van der Waals surface area contributed by atoms with Gasteiger partial charge in [-0.2, -0.15) is 5.10 Å². The van der Waals surface area contributed by atoms with E-state index in [1.807, 2.05) is 0 Å².